The van der Waals surface area contributed by atoms with Gasteiger partial charge < -0.3 is 10.1 Å². The number of fused-ring (bicyclic) bond motifs is 1. The summed E-state index contributed by atoms with van der Waals surface area (Å²) in [6, 6.07) is 13.4. The molecule has 9 heteroatoms. The lowest BCUT2D eigenvalue weighted by Gasteiger charge is -2.26. The molecular weight excluding hydrogens is 442 g/mol. The number of benzene rings is 2. The van der Waals surface area contributed by atoms with Crippen LogP contribution >= 0.6 is 0 Å². The van der Waals surface area contributed by atoms with Crippen LogP contribution in [0.5, 0.6) is 0 Å². The van der Waals surface area contributed by atoms with Crippen molar-refractivity contribution < 1.29 is 22.7 Å². The van der Waals surface area contributed by atoms with E-state index in [1.54, 1.807) is 37.4 Å². The second kappa shape index (κ2) is 9.68. The zero-order valence-electron chi connectivity index (χ0n) is 18.3. The molecule has 172 valence electrons. The monoisotopic (exact) mass is 467 g/mol. The second-order valence-electron chi connectivity index (χ2n) is 7.94. The highest BCUT2D eigenvalue weighted by Crippen LogP contribution is 2.25. The van der Waals surface area contributed by atoms with Gasteiger partial charge in [0.25, 0.3) is 5.91 Å². The smallest absolute Gasteiger partial charge is 0.338 e. The number of carbonyl (C=O) groups is 2. The summed E-state index contributed by atoms with van der Waals surface area (Å²) in [7, 11) is -3.70. The summed E-state index contributed by atoms with van der Waals surface area (Å²) in [5.74, 6) is -1.27. The molecule has 2 aromatic carbocycles. The molecule has 0 unspecified atom stereocenters. The van der Waals surface area contributed by atoms with Crippen molar-refractivity contribution in [2.75, 3.05) is 25.0 Å². The van der Waals surface area contributed by atoms with Crippen molar-refractivity contribution >= 4 is 38.5 Å². The SMILES string of the molecule is Cc1ccc(C(=O)OCC(=O)Nc2cccc3ncccc23)cc1S(=O)(=O)N1CCCCC1. The molecular formula is C24H25N3O5S. The topological polar surface area (TPSA) is 106 Å². The molecule has 3 aromatic rings. The first-order chi connectivity index (χ1) is 15.9. The van der Waals surface area contributed by atoms with Crippen LogP contribution in [0.2, 0.25) is 0 Å². The number of aromatic nitrogens is 1. The highest BCUT2D eigenvalue weighted by atomic mass is 32.2. The van der Waals surface area contributed by atoms with Crippen molar-refractivity contribution in [1.29, 1.82) is 0 Å². The summed E-state index contributed by atoms with van der Waals surface area (Å²) in [4.78, 5) is 29.3. The van der Waals surface area contributed by atoms with Crippen LogP contribution in [0.3, 0.4) is 0 Å². The zero-order valence-corrected chi connectivity index (χ0v) is 19.1. The van der Waals surface area contributed by atoms with E-state index in [1.807, 2.05) is 12.1 Å². The predicted octanol–water partition coefficient (Wildman–Crippen LogP) is 3.51. The molecule has 0 bridgehead atoms. The normalized spacial score (nSPS) is 14.7. The molecule has 1 aliphatic rings. The number of rotatable bonds is 6. The number of hydrogen-bond acceptors (Lipinski definition) is 6. The standard InChI is InChI=1S/C24H25N3O5S/c1-17-10-11-18(15-22(17)33(30,31)27-13-3-2-4-14-27)24(29)32-16-23(28)26-21-9-5-8-20-19(21)7-6-12-25-20/h5-12,15H,2-4,13-14,16H2,1H3,(H,26,28). The van der Waals surface area contributed by atoms with Gasteiger partial charge in [0.1, 0.15) is 0 Å². The first kappa shape index (κ1) is 22.9. The van der Waals surface area contributed by atoms with E-state index in [4.69, 9.17) is 4.74 Å². The minimum Gasteiger partial charge on any atom is -0.452 e. The van der Waals surface area contributed by atoms with E-state index in [2.05, 4.69) is 10.3 Å². The lowest BCUT2D eigenvalue weighted by Crippen LogP contribution is -2.36. The Kier molecular flexibility index (Phi) is 6.71. The van der Waals surface area contributed by atoms with Gasteiger partial charge in [0, 0.05) is 24.7 Å². The molecule has 0 aliphatic carbocycles. The Morgan fingerprint density at radius 3 is 2.64 bits per heavy atom. The number of anilines is 1. The number of sulfonamides is 1. The first-order valence-corrected chi connectivity index (χ1v) is 12.2. The number of aryl methyl sites for hydroxylation is 1. The molecule has 0 atom stereocenters. The van der Waals surface area contributed by atoms with Crippen LogP contribution in [0, 0.1) is 6.92 Å². The fourth-order valence-corrected chi connectivity index (χ4v) is 5.63. The summed E-state index contributed by atoms with van der Waals surface area (Å²) >= 11 is 0. The first-order valence-electron chi connectivity index (χ1n) is 10.8. The number of nitrogens with one attached hydrogen (secondary N) is 1. The highest BCUT2D eigenvalue weighted by Gasteiger charge is 2.28. The fourth-order valence-electron chi connectivity index (χ4n) is 3.86. The van der Waals surface area contributed by atoms with Crippen LogP contribution in [-0.2, 0) is 19.6 Å². The highest BCUT2D eigenvalue weighted by molar-refractivity contribution is 7.89. The van der Waals surface area contributed by atoms with Crippen molar-refractivity contribution in [2.45, 2.75) is 31.1 Å². The quantitative estimate of drug-likeness (QED) is 0.556. The van der Waals surface area contributed by atoms with Crippen molar-refractivity contribution in [2.24, 2.45) is 0 Å². The van der Waals surface area contributed by atoms with Gasteiger partial charge in [0.15, 0.2) is 6.61 Å². The van der Waals surface area contributed by atoms with Crippen molar-refractivity contribution in [3.8, 4) is 0 Å². The van der Waals surface area contributed by atoms with Gasteiger partial charge in [-0.3, -0.25) is 9.78 Å². The Labute approximate surface area is 192 Å². The van der Waals surface area contributed by atoms with Crippen molar-refractivity contribution in [1.82, 2.24) is 9.29 Å². The molecule has 1 fully saturated rings. The van der Waals surface area contributed by atoms with Crippen LogP contribution in [-0.4, -0.2) is 49.3 Å². The molecule has 4 rings (SSSR count). The minimum atomic E-state index is -3.70. The summed E-state index contributed by atoms with van der Waals surface area (Å²) in [6.45, 7) is 2.14. The van der Waals surface area contributed by atoms with Crippen LogP contribution in [0.15, 0.2) is 59.6 Å². The molecule has 0 radical (unpaired) electrons. The van der Waals surface area contributed by atoms with Crippen molar-refractivity contribution in [3.63, 3.8) is 0 Å². The maximum absolute atomic E-state index is 13.1. The van der Waals surface area contributed by atoms with E-state index in [-0.39, 0.29) is 10.5 Å². The summed E-state index contributed by atoms with van der Waals surface area (Å²) < 4.78 is 32.7. The number of hydrogen-bond donors (Lipinski definition) is 1. The number of piperidine rings is 1. The average molecular weight is 468 g/mol. The Morgan fingerprint density at radius 2 is 1.85 bits per heavy atom. The molecule has 1 aromatic heterocycles. The second-order valence-corrected chi connectivity index (χ2v) is 9.85. The zero-order chi connectivity index (χ0) is 23.4. The van der Waals surface area contributed by atoms with Gasteiger partial charge in [0.05, 0.1) is 21.7 Å². The molecule has 1 saturated heterocycles. The molecule has 2 heterocycles. The van der Waals surface area contributed by atoms with Crippen molar-refractivity contribution in [3.05, 3.63) is 65.9 Å². The maximum atomic E-state index is 13.1. The summed E-state index contributed by atoms with van der Waals surface area (Å²) in [5, 5.41) is 3.49. The van der Waals surface area contributed by atoms with E-state index in [9.17, 15) is 18.0 Å². The number of amides is 1. The number of esters is 1. The molecule has 33 heavy (non-hydrogen) atoms. The van der Waals surface area contributed by atoms with Gasteiger partial charge in [-0.25, -0.2) is 13.2 Å². The molecule has 1 aliphatic heterocycles. The number of pyridine rings is 1. The third kappa shape index (κ3) is 5.04. The molecule has 1 amide bonds. The molecule has 1 N–H and O–H groups in total. The van der Waals surface area contributed by atoms with Gasteiger partial charge in [-0.15, -0.1) is 0 Å². The largest absolute Gasteiger partial charge is 0.452 e. The fraction of sp³-hybridized carbons (Fsp3) is 0.292. The number of carbonyl (C=O) groups excluding carboxylic acids is 2. The summed E-state index contributed by atoms with van der Waals surface area (Å²) in [6.07, 6.45) is 4.31. The van der Waals surface area contributed by atoms with Gasteiger partial charge in [-0.2, -0.15) is 4.31 Å². The van der Waals surface area contributed by atoms with Crippen LogP contribution in [0.4, 0.5) is 5.69 Å². The Bertz CT molecular complexity index is 1300. The average Bonchev–Trinajstić information content (AvgIpc) is 2.83. The minimum absolute atomic E-state index is 0.0818. The predicted molar refractivity (Wildman–Crippen MR) is 124 cm³/mol. The van der Waals surface area contributed by atoms with Gasteiger partial charge in [0.2, 0.25) is 10.0 Å². The van der Waals surface area contributed by atoms with Gasteiger partial charge >= 0.3 is 5.97 Å². The van der Waals surface area contributed by atoms with E-state index < -0.39 is 28.5 Å². The number of nitrogens with zero attached hydrogens (tertiary/aromatic N) is 2. The lowest BCUT2D eigenvalue weighted by atomic mass is 10.1. The van der Waals surface area contributed by atoms with E-state index in [1.165, 1.54) is 16.4 Å². The van der Waals surface area contributed by atoms with Crippen LogP contribution < -0.4 is 5.32 Å². The Balaban J connectivity index is 1.44. The Morgan fingerprint density at radius 1 is 1.06 bits per heavy atom. The third-order valence-electron chi connectivity index (χ3n) is 5.61. The van der Waals surface area contributed by atoms with Gasteiger partial charge in [-0.1, -0.05) is 18.6 Å². The van der Waals surface area contributed by atoms with Crippen LogP contribution in [0.1, 0.15) is 35.2 Å². The molecule has 8 nitrogen and oxygen atoms in total. The van der Waals surface area contributed by atoms with Gasteiger partial charge in [-0.05, 0) is 61.7 Å². The maximum Gasteiger partial charge on any atom is 0.338 e. The van der Waals surface area contributed by atoms with E-state index in [0.717, 1.165) is 30.2 Å². The van der Waals surface area contributed by atoms with Crippen LogP contribution in [0.25, 0.3) is 10.9 Å². The third-order valence-corrected chi connectivity index (χ3v) is 7.65. The number of ether oxygens (including phenoxy) is 1. The van der Waals surface area contributed by atoms with E-state index >= 15 is 0 Å². The Hall–Kier alpha value is -3.30. The summed E-state index contributed by atoms with van der Waals surface area (Å²) in [5.41, 5.74) is 1.93. The molecule has 0 saturated carbocycles. The molecule has 0 spiro atoms. The van der Waals surface area contributed by atoms with E-state index in [0.29, 0.717) is 24.3 Å². The lowest BCUT2D eigenvalue weighted by molar-refractivity contribution is -0.119.